The molecular weight excluding hydrogens is 456 g/mol. The summed E-state index contributed by atoms with van der Waals surface area (Å²) in [6.07, 6.45) is 6.95. The van der Waals surface area contributed by atoms with Gasteiger partial charge in [-0.2, -0.15) is 0 Å². The molecule has 7 heteroatoms. The van der Waals surface area contributed by atoms with Crippen molar-refractivity contribution in [2.45, 2.75) is 76.9 Å². The molecule has 1 N–H and O–H groups in total. The number of rotatable bonds is 10. The van der Waals surface area contributed by atoms with Crippen molar-refractivity contribution >= 4 is 11.8 Å². The highest BCUT2D eigenvalue weighted by Crippen LogP contribution is 2.31. The number of hydrogen-bond donors (Lipinski definition) is 1. The molecular formula is C29H38N2O5. The molecule has 7 nitrogen and oxygen atoms in total. The summed E-state index contributed by atoms with van der Waals surface area (Å²) < 4.78 is 16.7. The van der Waals surface area contributed by atoms with E-state index in [1.54, 1.807) is 12.0 Å². The van der Waals surface area contributed by atoms with Crippen LogP contribution in [0.15, 0.2) is 42.5 Å². The van der Waals surface area contributed by atoms with E-state index in [9.17, 15) is 9.59 Å². The van der Waals surface area contributed by atoms with Crippen LogP contribution in [0.4, 0.5) is 0 Å². The van der Waals surface area contributed by atoms with Gasteiger partial charge in [0.05, 0.1) is 7.11 Å². The van der Waals surface area contributed by atoms with E-state index in [2.05, 4.69) is 5.32 Å². The summed E-state index contributed by atoms with van der Waals surface area (Å²) in [5.74, 6) is 2.09. The zero-order valence-corrected chi connectivity index (χ0v) is 21.5. The van der Waals surface area contributed by atoms with Crippen LogP contribution in [-0.4, -0.2) is 49.1 Å². The normalized spacial score (nSPS) is 16.2. The fourth-order valence-electron chi connectivity index (χ4n) is 5.07. The molecule has 2 aliphatic rings. The Balaban J connectivity index is 1.49. The van der Waals surface area contributed by atoms with E-state index in [4.69, 9.17) is 14.2 Å². The molecule has 2 aromatic rings. The molecule has 2 aromatic carbocycles. The fraction of sp³-hybridized carbons (Fsp3) is 0.517. The topological polar surface area (TPSA) is 77.1 Å². The summed E-state index contributed by atoms with van der Waals surface area (Å²) in [5.41, 5.74) is 1.94. The second kappa shape index (κ2) is 12.7. The molecule has 1 aliphatic heterocycles. The minimum Gasteiger partial charge on any atom is -0.497 e. The Bertz CT molecular complexity index is 1030. The lowest BCUT2D eigenvalue weighted by Gasteiger charge is -2.33. The Morgan fingerprint density at radius 3 is 2.56 bits per heavy atom. The van der Waals surface area contributed by atoms with Crippen LogP contribution in [0.2, 0.25) is 0 Å². The highest BCUT2D eigenvalue weighted by molar-refractivity contribution is 5.88. The molecule has 0 unspecified atom stereocenters. The summed E-state index contributed by atoms with van der Waals surface area (Å²) in [4.78, 5) is 28.7. The Labute approximate surface area is 214 Å². The van der Waals surface area contributed by atoms with E-state index in [0.29, 0.717) is 39.0 Å². The van der Waals surface area contributed by atoms with Gasteiger partial charge in [0.15, 0.2) is 11.5 Å². The maximum absolute atomic E-state index is 13.6. The predicted molar refractivity (Wildman–Crippen MR) is 138 cm³/mol. The molecule has 0 spiro atoms. The van der Waals surface area contributed by atoms with Crippen molar-refractivity contribution in [3.63, 3.8) is 0 Å². The Morgan fingerprint density at radius 2 is 1.81 bits per heavy atom. The van der Waals surface area contributed by atoms with Crippen LogP contribution in [0.1, 0.15) is 63.0 Å². The monoisotopic (exact) mass is 494 g/mol. The third-order valence-corrected chi connectivity index (χ3v) is 7.06. The van der Waals surface area contributed by atoms with E-state index in [-0.39, 0.29) is 17.9 Å². The van der Waals surface area contributed by atoms with E-state index in [1.165, 1.54) is 6.42 Å². The molecule has 194 valence electrons. The van der Waals surface area contributed by atoms with Gasteiger partial charge in [0.1, 0.15) is 25.0 Å². The first-order valence-corrected chi connectivity index (χ1v) is 13.2. The van der Waals surface area contributed by atoms with Crippen LogP contribution in [0.3, 0.4) is 0 Å². The van der Waals surface area contributed by atoms with Gasteiger partial charge < -0.3 is 24.4 Å². The average Bonchev–Trinajstić information content (AvgIpc) is 2.92. The number of methoxy groups -OCH3 is 1. The van der Waals surface area contributed by atoms with Crippen molar-refractivity contribution in [1.29, 1.82) is 0 Å². The highest BCUT2D eigenvalue weighted by atomic mass is 16.6. The van der Waals surface area contributed by atoms with Crippen LogP contribution in [0.25, 0.3) is 0 Å². The first-order valence-electron chi connectivity index (χ1n) is 13.2. The maximum atomic E-state index is 13.6. The number of nitrogens with zero attached hydrogens (tertiary/aromatic N) is 1. The van der Waals surface area contributed by atoms with Gasteiger partial charge >= 0.3 is 0 Å². The second-order valence-electron chi connectivity index (χ2n) is 9.62. The molecule has 1 heterocycles. The van der Waals surface area contributed by atoms with Gasteiger partial charge in [0.2, 0.25) is 11.8 Å². The van der Waals surface area contributed by atoms with Gasteiger partial charge in [-0.3, -0.25) is 9.59 Å². The number of aryl methyl sites for hydroxylation is 1. The largest absolute Gasteiger partial charge is 0.497 e. The van der Waals surface area contributed by atoms with Gasteiger partial charge in [0, 0.05) is 19.0 Å². The molecule has 1 atom stereocenters. The summed E-state index contributed by atoms with van der Waals surface area (Å²) >= 11 is 0. The number of amides is 2. The Hall–Kier alpha value is -3.22. The van der Waals surface area contributed by atoms with E-state index >= 15 is 0 Å². The molecule has 0 aromatic heterocycles. The summed E-state index contributed by atoms with van der Waals surface area (Å²) in [5, 5.41) is 3.23. The molecule has 0 radical (unpaired) electrons. The van der Waals surface area contributed by atoms with Crippen LogP contribution >= 0.6 is 0 Å². The lowest BCUT2D eigenvalue weighted by Crippen LogP contribution is -2.51. The van der Waals surface area contributed by atoms with E-state index < -0.39 is 6.04 Å². The van der Waals surface area contributed by atoms with Crippen molar-refractivity contribution < 1.29 is 23.8 Å². The first kappa shape index (κ1) is 25.9. The van der Waals surface area contributed by atoms with Gasteiger partial charge in [-0.05, 0) is 61.1 Å². The molecule has 2 amide bonds. The molecule has 1 fully saturated rings. The van der Waals surface area contributed by atoms with Crippen molar-refractivity contribution in [1.82, 2.24) is 10.2 Å². The maximum Gasteiger partial charge on any atom is 0.243 e. The van der Waals surface area contributed by atoms with Crippen LogP contribution < -0.4 is 19.5 Å². The lowest BCUT2D eigenvalue weighted by molar-refractivity contribution is -0.141. The summed E-state index contributed by atoms with van der Waals surface area (Å²) in [6.45, 7) is 3.40. The van der Waals surface area contributed by atoms with Gasteiger partial charge in [-0.1, -0.05) is 44.4 Å². The van der Waals surface area contributed by atoms with E-state index in [0.717, 1.165) is 54.1 Å². The number of hydrogen-bond acceptors (Lipinski definition) is 5. The predicted octanol–water partition coefficient (Wildman–Crippen LogP) is 4.66. The molecule has 0 saturated heterocycles. The van der Waals surface area contributed by atoms with Gasteiger partial charge in [-0.15, -0.1) is 0 Å². The number of carbonyl (C=O) groups excluding carboxylic acids is 2. The van der Waals surface area contributed by atoms with Gasteiger partial charge in [0.25, 0.3) is 0 Å². The number of nitrogens with one attached hydrogen (secondary N) is 1. The minimum atomic E-state index is -0.522. The fourth-order valence-corrected chi connectivity index (χ4v) is 5.07. The van der Waals surface area contributed by atoms with Crippen molar-refractivity contribution in [3.8, 4) is 17.2 Å². The van der Waals surface area contributed by atoms with E-state index in [1.807, 2.05) is 49.4 Å². The number of ether oxygens (including phenoxy) is 3. The summed E-state index contributed by atoms with van der Waals surface area (Å²) in [7, 11) is 1.63. The average molecular weight is 495 g/mol. The Morgan fingerprint density at radius 1 is 1.03 bits per heavy atom. The molecule has 1 aliphatic carbocycles. The molecule has 4 rings (SSSR count). The molecule has 36 heavy (non-hydrogen) atoms. The smallest absolute Gasteiger partial charge is 0.243 e. The second-order valence-corrected chi connectivity index (χ2v) is 9.62. The standard InChI is InChI=1S/C29H38N2O5/c1-3-25(29(33)30-23-9-5-4-6-10-23)31(20-22-8-7-11-24(18-22)34-2)28(32)15-13-21-12-14-26-27(19-21)36-17-16-35-26/h7-8,11-12,14,18-19,23,25H,3-6,9-10,13,15-17,20H2,1-2H3,(H,30,33)/t25-/m0/s1. The quantitative estimate of drug-likeness (QED) is 0.520. The van der Waals surface area contributed by atoms with Crippen LogP contribution in [0, 0.1) is 0 Å². The van der Waals surface area contributed by atoms with Crippen LogP contribution in [0.5, 0.6) is 17.2 Å². The zero-order valence-electron chi connectivity index (χ0n) is 21.5. The van der Waals surface area contributed by atoms with Crippen LogP contribution in [-0.2, 0) is 22.6 Å². The third-order valence-electron chi connectivity index (χ3n) is 7.06. The number of benzene rings is 2. The zero-order chi connectivity index (χ0) is 25.3. The number of carbonyl (C=O) groups is 2. The van der Waals surface area contributed by atoms with Crippen molar-refractivity contribution in [2.75, 3.05) is 20.3 Å². The molecule has 0 bridgehead atoms. The number of fused-ring (bicyclic) bond motifs is 1. The van der Waals surface area contributed by atoms with Crippen molar-refractivity contribution in [2.24, 2.45) is 0 Å². The summed E-state index contributed by atoms with van der Waals surface area (Å²) in [6, 6.07) is 13.2. The SMILES string of the molecule is CC[C@@H](C(=O)NC1CCCCC1)N(Cc1cccc(OC)c1)C(=O)CCc1ccc2c(c1)OCCO2. The first-order chi connectivity index (χ1) is 17.6. The Kier molecular flexibility index (Phi) is 9.09. The minimum absolute atomic E-state index is 0.0432. The van der Waals surface area contributed by atoms with Crippen molar-refractivity contribution in [3.05, 3.63) is 53.6 Å². The lowest BCUT2D eigenvalue weighted by atomic mass is 9.95. The highest BCUT2D eigenvalue weighted by Gasteiger charge is 2.30. The van der Waals surface area contributed by atoms with Gasteiger partial charge in [-0.25, -0.2) is 0 Å². The molecule has 1 saturated carbocycles. The third kappa shape index (κ3) is 6.71.